The van der Waals surface area contributed by atoms with Crippen LogP contribution in [0.1, 0.15) is 130 Å². The van der Waals surface area contributed by atoms with Gasteiger partial charge in [-0.1, -0.05) is 0 Å². The Balaban J connectivity index is 0.00000292. The molecule has 4 aromatic rings. The molecule has 0 saturated heterocycles. The van der Waals surface area contributed by atoms with Crippen molar-refractivity contribution in [2.75, 3.05) is 0 Å². The van der Waals surface area contributed by atoms with E-state index in [9.17, 15) is 0 Å². The van der Waals surface area contributed by atoms with Crippen molar-refractivity contribution in [3.05, 3.63) is 128 Å². The molecule has 0 aromatic heterocycles. The van der Waals surface area contributed by atoms with Crippen molar-refractivity contribution in [3.8, 4) is 22.3 Å². The van der Waals surface area contributed by atoms with Gasteiger partial charge in [0.2, 0.25) is 0 Å². The molecule has 268 valence electrons. The normalized spacial score (nSPS) is 17.0. The molecule has 6 rings (SSSR count). The van der Waals surface area contributed by atoms with E-state index >= 15 is 0 Å². The summed E-state index contributed by atoms with van der Waals surface area (Å²) in [5, 5.41) is 0. The largest absolute Gasteiger partial charge is 1.00 e. The zero-order valence-corrected chi connectivity index (χ0v) is 39.8. The van der Waals surface area contributed by atoms with Crippen LogP contribution >= 0.6 is 0 Å². The Labute approximate surface area is 334 Å². The van der Waals surface area contributed by atoms with Gasteiger partial charge in [0.05, 0.1) is 0 Å². The van der Waals surface area contributed by atoms with E-state index < -0.39 is 28.1 Å². The van der Waals surface area contributed by atoms with E-state index in [4.69, 9.17) is 0 Å². The number of rotatable bonds is 5. The second-order valence-electron chi connectivity index (χ2n) is 18.3. The summed E-state index contributed by atoms with van der Waals surface area (Å²) >= 11 is -0.860. The first kappa shape index (κ1) is 41.8. The average Bonchev–Trinajstić information content (AvgIpc) is 3.48. The predicted octanol–water partition coefficient (Wildman–Crippen LogP) is 7.32. The molecule has 4 heteroatoms. The van der Waals surface area contributed by atoms with Crippen molar-refractivity contribution in [2.24, 2.45) is 0 Å². The van der Waals surface area contributed by atoms with Crippen LogP contribution in [0.3, 0.4) is 0 Å². The molecule has 0 radical (unpaired) electrons. The van der Waals surface area contributed by atoms with Crippen LogP contribution in [-0.4, -0.2) is 5.98 Å². The van der Waals surface area contributed by atoms with Crippen LogP contribution in [-0.2, 0) is 38.3 Å². The molecule has 0 N–H and O–H groups in total. The van der Waals surface area contributed by atoms with Gasteiger partial charge < -0.3 is 24.8 Å². The van der Waals surface area contributed by atoms with Gasteiger partial charge in [-0.2, -0.15) is 0 Å². The molecule has 0 spiro atoms. The molecule has 0 amide bonds. The maximum atomic E-state index is 2.60. The Morgan fingerprint density at radius 3 is 1.71 bits per heavy atom. The van der Waals surface area contributed by atoms with Gasteiger partial charge in [-0.25, -0.2) is 0 Å². The summed E-state index contributed by atoms with van der Waals surface area (Å²) in [6, 6.07) is 29.0. The average molecular weight is 900 g/mol. The molecule has 0 heterocycles. The second-order valence-corrected chi connectivity index (χ2v) is 39.1. The van der Waals surface area contributed by atoms with Gasteiger partial charge in [0.25, 0.3) is 0 Å². The Hall–Kier alpha value is -1.97. The van der Waals surface area contributed by atoms with Crippen molar-refractivity contribution < 1.29 is 46.9 Å². The van der Waals surface area contributed by atoms with E-state index in [0.717, 1.165) is 0 Å². The topological polar surface area (TPSA) is 0 Å². The fraction of sp³-hybridized carbons (Fsp3) is 0.404. The number of aryl methyl sites for hydroxylation is 1. The van der Waals surface area contributed by atoms with Gasteiger partial charge in [0, 0.05) is 0 Å². The summed E-state index contributed by atoms with van der Waals surface area (Å²) in [5.41, 5.74) is 22.4. The minimum atomic E-state index is -0.860. The van der Waals surface area contributed by atoms with Crippen molar-refractivity contribution in [1.29, 1.82) is 0 Å². The maximum absolute atomic E-state index is 2.60. The Morgan fingerprint density at radius 2 is 1.18 bits per heavy atom. The van der Waals surface area contributed by atoms with Crippen LogP contribution in [0.15, 0.2) is 83.9 Å². The van der Waals surface area contributed by atoms with E-state index in [1.165, 1.54) is 61.2 Å². The number of halogens is 2. The monoisotopic (exact) mass is 900 g/mol. The molecular weight excluding hydrogens is 842 g/mol. The number of hydrogen-bond acceptors (Lipinski definition) is 0. The number of hydrogen-bond donors (Lipinski definition) is 0. The Kier molecular flexibility index (Phi) is 12.3. The SMILES string of the molecule is CC1=Cc2c(-c3cc(C(C)(C)C)cc(C(C)(C)C)c3)ccc(C)c2C1C1=C(C)[CH]([Hf+2][SiH](C)C)c2cccc(-c3ccc(C(C)(C)C)cc3)c21.[Cl-].[Cl-]. The third-order valence-corrected chi connectivity index (χ3v) is 25.4. The molecule has 2 aliphatic rings. The number of fused-ring (bicyclic) bond motifs is 2. The zero-order valence-electron chi connectivity index (χ0n) is 33.5. The van der Waals surface area contributed by atoms with Crippen LogP contribution < -0.4 is 24.8 Å². The van der Waals surface area contributed by atoms with Gasteiger partial charge in [0.1, 0.15) is 0 Å². The first-order valence-electron chi connectivity index (χ1n) is 18.5. The predicted molar refractivity (Wildman–Crippen MR) is 215 cm³/mol. The summed E-state index contributed by atoms with van der Waals surface area (Å²) < 4.78 is 0.698. The third kappa shape index (κ3) is 7.96. The van der Waals surface area contributed by atoms with E-state index in [0.29, 0.717) is 9.59 Å². The Bertz CT molecular complexity index is 1960. The zero-order chi connectivity index (χ0) is 35.8. The first-order valence-corrected chi connectivity index (χ1v) is 29.6. The number of benzene rings is 4. The van der Waals surface area contributed by atoms with Crippen LogP contribution in [0.4, 0.5) is 0 Å². The quantitative estimate of drug-likeness (QED) is 0.185. The molecular formula is C47H58Cl2HfSi. The molecule has 0 aliphatic heterocycles. The van der Waals surface area contributed by atoms with Gasteiger partial charge in [-0.05, 0) is 0 Å². The molecule has 0 nitrogen and oxygen atoms in total. The van der Waals surface area contributed by atoms with E-state index in [2.05, 4.69) is 175 Å². The van der Waals surface area contributed by atoms with E-state index in [1.807, 2.05) is 0 Å². The van der Waals surface area contributed by atoms with Gasteiger partial charge >= 0.3 is 312 Å². The number of allylic oxidation sites excluding steroid dienone is 3. The van der Waals surface area contributed by atoms with Crippen LogP contribution in [0, 0.1) is 6.92 Å². The molecule has 2 unspecified atom stereocenters. The van der Waals surface area contributed by atoms with Gasteiger partial charge in [0.15, 0.2) is 0 Å². The summed E-state index contributed by atoms with van der Waals surface area (Å²) in [4.78, 5) is 0. The molecule has 2 atom stereocenters. The van der Waals surface area contributed by atoms with Gasteiger partial charge in [-0.3, -0.25) is 0 Å². The summed E-state index contributed by atoms with van der Waals surface area (Å²) in [5.74, 6) is -0.342. The van der Waals surface area contributed by atoms with Crippen molar-refractivity contribution in [2.45, 2.75) is 122 Å². The van der Waals surface area contributed by atoms with Crippen molar-refractivity contribution >= 4 is 17.6 Å². The van der Waals surface area contributed by atoms with Gasteiger partial charge in [-0.15, -0.1) is 0 Å². The molecule has 0 bridgehead atoms. The molecule has 0 fully saturated rings. The van der Waals surface area contributed by atoms with Crippen LogP contribution in [0.5, 0.6) is 0 Å². The minimum Gasteiger partial charge on any atom is -1.00 e. The van der Waals surface area contributed by atoms with Crippen LogP contribution in [0.25, 0.3) is 33.9 Å². The fourth-order valence-corrected chi connectivity index (χ4v) is 22.4. The van der Waals surface area contributed by atoms with Crippen molar-refractivity contribution in [1.82, 2.24) is 0 Å². The molecule has 4 aromatic carbocycles. The first-order chi connectivity index (χ1) is 22.8. The fourth-order valence-electron chi connectivity index (χ4n) is 8.10. The summed E-state index contributed by atoms with van der Waals surface area (Å²) in [6.07, 6.45) is 2.55. The molecule has 51 heavy (non-hydrogen) atoms. The summed E-state index contributed by atoms with van der Waals surface area (Å²) in [6.45, 7) is 33.5. The Morgan fingerprint density at radius 1 is 0.608 bits per heavy atom. The second kappa shape index (κ2) is 15.0. The smallest absolute Gasteiger partial charge is 1.00 e. The third-order valence-electron chi connectivity index (χ3n) is 11.0. The minimum absolute atomic E-state index is 0. The van der Waals surface area contributed by atoms with Crippen molar-refractivity contribution in [3.63, 3.8) is 0 Å². The van der Waals surface area contributed by atoms with E-state index in [-0.39, 0.29) is 41.1 Å². The molecule has 0 saturated carbocycles. The van der Waals surface area contributed by atoms with Crippen LogP contribution in [0.2, 0.25) is 13.1 Å². The summed E-state index contributed by atoms with van der Waals surface area (Å²) in [7, 11) is 0. The standard InChI is InChI=1S/C45H51.C2H7Si.2ClH.Hf/c1-27-16-21-36(32-24-34(44(7,8)9)26-35(25-32)45(10,11)12)38-23-29(3)40(39(27)38)41-28(2)22-31-14-13-15-37(42(31)41)30-17-19-33(20-18-30)43(4,5)6;1-3-2;;;/h13-26,40H,1-12H3;3H,1-2H3;2*1H;/q;;;;+2/p-2. The maximum Gasteiger partial charge on any atom is -1.00 e. The van der Waals surface area contributed by atoms with E-state index in [1.54, 1.807) is 22.3 Å². The molecule has 2 aliphatic carbocycles.